The van der Waals surface area contributed by atoms with Crippen LogP contribution in [0.15, 0.2) is 43.1 Å². The third-order valence-corrected chi connectivity index (χ3v) is 2.84. The number of benzene rings is 1. The summed E-state index contributed by atoms with van der Waals surface area (Å²) < 4.78 is 3.60. The first-order chi connectivity index (χ1) is 9.33. The minimum atomic E-state index is 0.676. The number of aromatic nitrogens is 6. The van der Waals surface area contributed by atoms with Gasteiger partial charge in [0.05, 0.1) is 24.1 Å². The van der Waals surface area contributed by atoms with Crippen LogP contribution in [0.3, 0.4) is 0 Å². The quantitative estimate of drug-likeness (QED) is 0.753. The second-order valence-electron chi connectivity index (χ2n) is 4.12. The molecule has 96 valence electrons. The monoisotopic (exact) mass is 255 g/mol. The van der Waals surface area contributed by atoms with Crippen LogP contribution < -0.4 is 5.32 Å². The Morgan fingerprint density at radius 1 is 1.16 bits per heavy atom. The van der Waals surface area contributed by atoms with E-state index in [4.69, 9.17) is 0 Å². The lowest BCUT2D eigenvalue weighted by molar-refractivity contribution is 0.683. The van der Waals surface area contributed by atoms with E-state index in [9.17, 15) is 0 Å². The van der Waals surface area contributed by atoms with Crippen LogP contribution in [-0.2, 0) is 13.6 Å². The molecule has 19 heavy (non-hydrogen) atoms. The van der Waals surface area contributed by atoms with E-state index in [1.807, 2.05) is 35.9 Å². The summed E-state index contributed by atoms with van der Waals surface area (Å²) in [6.07, 6.45) is 5.09. The zero-order valence-electron chi connectivity index (χ0n) is 10.4. The number of anilines is 1. The normalized spacial score (nSPS) is 10.6. The SMILES string of the molecule is Cn1nncc1CNc1cccc(-n2cnnc2)c1. The third kappa shape index (κ3) is 2.44. The topological polar surface area (TPSA) is 73.5 Å². The van der Waals surface area contributed by atoms with Gasteiger partial charge in [0.15, 0.2) is 0 Å². The number of nitrogens with zero attached hydrogens (tertiary/aromatic N) is 6. The molecule has 0 spiro atoms. The van der Waals surface area contributed by atoms with E-state index in [2.05, 4.69) is 25.8 Å². The van der Waals surface area contributed by atoms with Gasteiger partial charge in [-0.05, 0) is 18.2 Å². The van der Waals surface area contributed by atoms with Crippen LogP contribution in [0.5, 0.6) is 0 Å². The van der Waals surface area contributed by atoms with Gasteiger partial charge in [0.2, 0.25) is 0 Å². The molecule has 3 rings (SSSR count). The molecule has 0 aliphatic carbocycles. The Hall–Kier alpha value is -2.70. The van der Waals surface area contributed by atoms with Crippen LogP contribution in [0.4, 0.5) is 5.69 Å². The van der Waals surface area contributed by atoms with Gasteiger partial charge in [0.1, 0.15) is 12.7 Å². The van der Waals surface area contributed by atoms with Gasteiger partial charge in [-0.15, -0.1) is 15.3 Å². The van der Waals surface area contributed by atoms with Crippen molar-refractivity contribution in [3.8, 4) is 5.69 Å². The Bertz CT molecular complexity index is 656. The van der Waals surface area contributed by atoms with Gasteiger partial charge in [0, 0.05) is 12.7 Å². The molecule has 0 saturated carbocycles. The summed E-state index contributed by atoms with van der Waals surface area (Å²) in [4.78, 5) is 0. The number of hydrogen-bond donors (Lipinski definition) is 1. The lowest BCUT2D eigenvalue weighted by Gasteiger charge is -2.08. The highest BCUT2D eigenvalue weighted by molar-refractivity contribution is 5.51. The first-order valence-corrected chi connectivity index (χ1v) is 5.85. The van der Waals surface area contributed by atoms with Crippen molar-refractivity contribution in [2.75, 3.05) is 5.32 Å². The predicted molar refractivity (Wildman–Crippen MR) is 69.7 cm³/mol. The van der Waals surface area contributed by atoms with Crippen LogP contribution in [0.2, 0.25) is 0 Å². The summed E-state index contributed by atoms with van der Waals surface area (Å²) in [7, 11) is 1.87. The van der Waals surface area contributed by atoms with Crippen molar-refractivity contribution >= 4 is 5.69 Å². The van der Waals surface area contributed by atoms with Gasteiger partial charge in [0.25, 0.3) is 0 Å². The van der Waals surface area contributed by atoms with Crippen molar-refractivity contribution in [3.63, 3.8) is 0 Å². The predicted octanol–water partition coefficient (Wildman–Crippen LogP) is 1.01. The molecule has 0 radical (unpaired) electrons. The standard InChI is InChI=1S/C12H13N7/c1-18-12(7-14-17-18)6-13-10-3-2-4-11(5-10)19-8-15-16-9-19/h2-5,7-9,13H,6H2,1H3. The summed E-state index contributed by atoms with van der Waals surface area (Å²) in [6.45, 7) is 0.676. The lowest BCUT2D eigenvalue weighted by atomic mass is 10.2. The summed E-state index contributed by atoms with van der Waals surface area (Å²) >= 11 is 0. The highest BCUT2D eigenvalue weighted by Crippen LogP contribution is 2.14. The van der Waals surface area contributed by atoms with E-state index < -0.39 is 0 Å². The van der Waals surface area contributed by atoms with Crippen LogP contribution in [0.1, 0.15) is 5.69 Å². The highest BCUT2D eigenvalue weighted by atomic mass is 15.4. The molecule has 0 bridgehead atoms. The maximum atomic E-state index is 3.89. The number of rotatable bonds is 4. The lowest BCUT2D eigenvalue weighted by Crippen LogP contribution is -2.05. The fourth-order valence-electron chi connectivity index (χ4n) is 1.77. The Morgan fingerprint density at radius 2 is 2.00 bits per heavy atom. The molecule has 2 aromatic heterocycles. The Kier molecular flexibility index (Phi) is 2.93. The van der Waals surface area contributed by atoms with Crippen LogP contribution >= 0.6 is 0 Å². The maximum absolute atomic E-state index is 3.89. The third-order valence-electron chi connectivity index (χ3n) is 2.84. The van der Waals surface area contributed by atoms with Crippen molar-refractivity contribution < 1.29 is 0 Å². The molecule has 0 fully saturated rings. The molecule has 0 amide bonds. The number of hydrogen-bond acceptors (Lipinski definition) is 5. The van der Waals surface area contributed by atoms with E-state index in [0.29, 0.717) is 6.54 Å². The van der Waals surface area contributed by atoms with Gasteiger partial charge >= 0.3 is 0 Å². The van der Waals surface area contributed by atoms with Crippen molar-refractivity contribution in [1.29, 1.82) is 0 Å². The highest BCUT2D eigenvalue weighted by Gasteiger charge is 2.01. The van der Waals surface area contributed by atoms with Crippen molar-refractivity contribution in [2.45, 2.75) is 6.54 Å². The minimum absolute atomic E-state index is 0.676. The molecule has 0 aliphatic rings. The largest absolute Gasteiger partial charge is 0.379 e. The molecular weight excluding hydrogens is 242 g/mol. The van der Waals surface area contributed by atoms with Gasteiger partial charge in [-0.1, -0.05) is 11.3 Å². The Labute approximate surface area is 109 Å². The van der Waals surface area contributed by atoms with Gasteiger partial charge in [-0.25, -0.2) is 0 Å². The van der Waals surface area contributed by atoms with E-state index in [0.717, 1.165) is 17.1 Å². The molecule has 0 unspecified atom stereocenters. The van der Waals surface area contributed by atoms with Crippen molar-refractivity contribution in [2.24, 2.45) is 7.05 Å². The molecule has 0 saturated heterocycles. The Balaban J connectivity index is 1.75. The van der Waals surface area contributed by atoms with Gasteiger partial charge in [-0.2, -0.15) is 0 Å². The van der Waals surface area contributed by atoms with Crippen molar-refractivity contribution in [1.82, 2.24) is 29.8 Å². The Morgan fingerprint density at radius 3 is 2.74 bits per heavy atom. The summed E-state index contributed by atoms with van der Waals surface area (Å²) in [5, 5.41) is 18.7. The van der Waals surface area contributed by atoms with Crippen LogP contribution in [0.25, 0.3) is 5.69 Å². The molecule has 0 atom stereocenters. The first kappa shape index (κ1) is 11.4. The molecular formula is C12H13N7. The van der Waals surface area contributed by atoms with Crippen LogP contribution in [0, 0.1) is 0 Å². The molecule has 1 aromatic carbocycles. The fourth-order valence-corrected chi connectivity index (χ4v) is 1.77. The molecule has 2 heterocycles. The molecule has 1 N–H and O–H groups in total. The average Bonchev–Trinajstić information content (AvgIpc) is 3.08. The second-order valence-corrected chi connectivity index (χ2v) is 4.12. The molecule has 7 nitrogen and oxygen atoms in total. The zero-order valence-corrected chi connectivity index (χ0v) is 10.4. The second kappa shape index (κ2) is 4.89. The van der Waals surface area contributed by atoms with E-state index >= 15 is 0 Å². The fraction of sp³-hybridized carbons (Fsp3) is 0.167. The average molecular weight is 255 g/mol. The smallest absolute Gasteiger partial charge is 0.123 e. The van der Waals surface area contributed by atoms with Gasteiger partial charge in [-0.3, -0.25) is 9.25 Å². The van der Waals surface area contributed by atoms with Crippen molar-refractivity contribution in [3.05, 3.63) is 48.8 Å². The van der Waals surface area contributed by atoms with Gasteiger partial charge < -0.3 is 5.32 Å². The maximum Gasteiger partial charge on any atom is 0.123 e. The van der Waals surface area contributed by atoms with Crippen LogP contribution in [-0.4, -0.2) is 29.8 Å². The summed E-state index contributed by atoms with van der Waals surface area (Å²) in [5.74, 6) is 0. The molecule has 3 aromatic rings. The summed E-state index contributed by atoms with van der Waals surface area (Å²) in [5.41, 5.74) is 3.06. The minimum Gasteiger partial charge on any atom is -0.379 e. The number of aryl methyl sites for hydroxylation is 1. The van der Waals surface area contributed by atoms with E-state index in [-0.39, 0.29) is 0 Å². The zero-order chi connectivity index (χ0) is 13.1. The molecule has 7 heteroatoms. The molecule has 0 aliphatic heterocycles. The number of nitrogens with one attached hydrogen (secondary N) is 1. The van der Waals surface area contributed by atoms with E-state index in [1.165, 1.54) is 0 Å². The summed E-state index contributed by atoms with van der Waals surface area (Å²) in [6, 6.07) is 8.03. The first-order valence-electron chi connectivity index (χ1n) is 5.85. The van der Waals surface area contributed by atoms with E-state index in [1.54, 1.807) is 23.5 Å².